The first-order valence-corrected chi connectivity index (χ1v) is 8.97. The fourth-order valence-corrected chi connectivity index (χ4v) is 3.77. The Kier molecular flexibility index (Phi) is 3.62. The molecule has 0 spiro atoms. The molecule has 1 aromatic heterocycles. The van der Waals surface area contributed by atoms with Crippen molar-refractivity contribution in [2.45, 2.75) is 18.9 Å². The molecule has 6 nitrogen and oxygen atoms in total. The minimum Gasteiger partial charge on any atom is -0.341 e. The van der Waals surface area contributed by atoms with Gasteiger partial charge in [-0.05, 0) is 25.0 Å². The number of hydrogen-bond donors (Lipinski definition) is 1. The summed E-state index contributed by atoms with van der Waals surface area (Å²) in [6, 6.07) is 7.96. The molecule has 1 aliphatic rings. The maximum Gasteiger partial charge on any atom is 0.209 e. The number of para-hydroxylation sites is 2. The Morgan fingerprint density at radius 3 is 2.81 bits per heavy atom. The number of anilines is 1. The molecule has 3 rings (SSSR count). The van der Waals surface area contributed by atoms with Crippen molar-refractivity contribution in [2.75, 3.05) is 24.2 Å². The molecule has 0 bridgehead atoms. The van der Waals surface area contributed by atoms with Gasteiger partial charge in [0.15, 0.2) is 0 Å². The fourth-order valence-electron chi connectivity index (χ4n) is 2.97. The maximum absolute atomic E-state index is 11.4. The minimum absolute atomic E-state index is 0.0476. The molecular weight excluding hydrogens is 288 g/mol. The lowest BCUT2D eigenvalue weighted by molar-refractivity contribution is 0.461. The normalized spacial score (nSPS) is 20.1. The molecule has 1 aromatic carbocycles. The highest BCUT2D eigenvalue weighted by Gasteiger charge is 2.25. The molecule has 2 aromatic rings. The number of hydrogen-bond acceptors (Lipinski definition) is 4. The zero-order valence-corrected chi connectivity index (χ0v) is 13.1. The lowest BCUT2D eigenvalue weighted by Crippen LogP contribution is -2.48. The molecule has 114 valence electrons. The van der Waals surface area contributed by atoms with E-state index in [0.29, 0.717) is 6.54 Å². The summed E-state index contributed by atoms with van der Waals surface area (Å²) in [5, 5.41) is 0. The number of nitrogens with one attached hydrogen (secondary N) is 1. The summed E-state index contributed by atoms with van der Waals surface area (Å²) >= 11 is 0. The largest absolute Gasteiger partial charge is 0.341 e. The van der Waals surface area contributed by atoms with E-state index >= 15 is 0 Å². The Balaban J connectivity index is 1.86. The average Bonchev–Trinajstić information content (AvgIpc) is 2.75. The second kappa shape index (κ2) is 5.31. The number of imidazole rings is 1. The Morgan fingerprint density at radius 2 is 2.10 bits per heavy atom. The zero-order chi connectivity index (χ0) is 15.0. The number of sulfonamides is 1. The van der Waals surface area contributed by atoms with E-state index in [9.17, 15) is 8.42 Å². The van der Waals surface area contributed by atoms with Crippen LogP contribution in [0.15, 0.2) is 24.3 Å². The first-order valence-electron chi connectivity index (χ1n) is 7.08. The van der Waals surface area contributed by atoms with Gasteiger partial charge >= 0.3 is 0 Å². The molecule has 0 amide bonds. The number of benzene rings is 1. The predicted octanol–water partition coefficient (Wildman–Crippen LogP) is 1.09. The molecule has 1 aliphatic heterocycles. The third-order valence-electron chi connectivity index (χ3n) is 3.85. The Bertz CT molecular complexity index is 753. The molecule has 21 heavy (non-hydrogen) atoms. The highest BCUT2D eigenvalue weighted by atomic mass is 32.2. The summed E-state index contributed by atoms with van der Waals surface area (Å²) in [6.07, 6.45) is 3.03. The Morgan fingerprint density at radius 1 is 1.33 bits per heavy atom. The Labute approximate surface area is 124 Å². The van der Waals surface area contributed by atoms with E-state index < -0.39 is 10.0 Å². The SMILES string of the molecule is Cn1c(N2CCC[C@H](NS(C)(=O)=O)C2)nc2ccccc21. The van der Waals surface area contributed by atoms with E-state index in [-0.39, 0.29) is 6.04 Å². The molecule has 0 radical (unpaired) electrons. The second-order valence-corrected chi connectivity index (χ2v) is 7.41. The second-order valence-electron chi connectivity index (χ2n) is 5.63. The topological polar surface area (TPSA) is 67.2 Å². The summed E-state index contributed by atoms with van der Waals surface area (Å²) in [4.78, 5) is 6.84. The van der Waals surface area contributed by atoms with Crippen LogP contribution in [0.5, 0.6) is 0 Å². The van der Waals surface area contributed by atoms with Gasteiger partial charge in [-0.25, -0.2) is 18.1 Å². The molecule has 1 N–H and O–H groups in total. The van der Waals surface area contributed by atoms with Crippen molar-refractivity contribution < 1.29 is 8.42 Å². The van der Waals surface area contributed by atoms with E-state index in [1.807, 2.05) is 31.3 Å². The average molecular weight is 308 g/mol. The van der Waals surface area contributed by atoms with Gasteiger partial charge in [-0.15, -0.1) is 0 Å². The van der Waals surface area contributed by atoms with Gasteiger partial charge in [0.2, 0.25) is 16.0 Å². The number of rotatable bonds is 3. The van der Waals surface area contributed by atoms with Gasteiger partial charge in [0, 0.05) is 26.2 Å². The van der Waals surface area contributed by atoms with Crippen LogP contribution in [0.25, 0.3) is 11.0 Å². The monoisotopic (exact) mass is 308 g/mol. The third-order valence-corrected chi connectivity index (χ3v) is 4.61. The van der Waals surface area contributed by atoms with Gasteiger partial charge in [-0.3, -0.25) is 0 Å². The van der Waals surface area contributed by atoms with E-state index in [1.165, 1.54) is 6.26 Å². The van der Waals surface area contributed by atoms with Gasteiger partial charge < -0.3 is 9.47 Å². The van der Waals surface area contributed by atoms with Crippen LogP contribution in [-0.4, -0.2) is 43.4 Å². The lowest BCUT2D eigenvalue weighted by atomic mass is 10.1. The summed E-state index contributed by atoms with van der Waals surface area (Å²) in [6.45, 7) is 1.56. The molecule has 1 saturated heterocycles. The summed E-state index contributed by atoms with van der Waals surface area (Å²) in [5.41, 5.74) is 2.05. The van der Waals surface area contributed by atoms with Gasteiger partial charge in [-0.2, -0.15) is 0 Å². The smallest absolute Gasteiger partial charge is 0.209 e. The van der Waals surface area contributed by atoms with Gasteiger partial charge in [0.1, 0.15) is 0 Å². The summed E-state index contributed by atoms with van der Waals surface area (Å²) in [7, 11) is -1.17. The van der Waals surface area contributed by atoms with Crippen LogP contribution >= 0.6 is 0 Å². The van der Waals surface area contributed by atoms with E-state index in [4.69, 9.17) is 0 Å². The van der Waals surface area contributed by atoms with Crippen LogP contribution in [0.2, 0.25) is 0 Å². The van der Waals surface area contributed by atoms with Crippen molar-refractivity contribution in [3.05, 3.63) is 24.3 Å². The lowest BCUT2D eigenvalue weighted by Gasteiger charge is -2.33. The molecular formula is C14H20N4O2S. The summed E-state index contributed by atoms with van der Waals surface area (Å²) < 4.78 is 27.6. The van der Waals surface area contributed by atoms with E-state index in [2.05, 4.69) is 19.2 Å². The Hall–Kier alpha value is -1.60. The van der Waals surface area contributed by atoms with Crippen LogP contribution in [-0.2, 0) is 17.1 Å². The first-order chi connectivity index (χ1) is 9.94. The third kappa shape index (κ3) is 3.03. The van der Waals surface area contributed by atoms with Gasteiger partial charge in [0.05, 0.1) is 17.3 Å². The van der Waals surface area contributed by atoms with Crippen molar-refractivity contribution in [1.29, 1.82) is 0 Å². The van der Waals surface area contributed by atoms with Crippen molar-refractivity contribution in [3.8, 4) is 0 Å². The fraction of sp³-hybridized carbons (Fsp3) is 0.500. The van der Waals surface area contributed by atoms with Gasteiger partial charge in [-0.1, -0.05) is 12.1 Å². The number of aryl methyl sites for hydroxylation is 1. The quantitative estimate of drug-likeness (QED) is 0.922. The maximum atomic E-state index is 11.4. The molecule has 0 aliphatic carbocycles. The molecule has 7 heteroatoms. The van der Waals surface area contributed by atoms with Gasteiger partial charge in [0.25, 0.3) is 0 Å². The standard InChI is InChI=1S/C14H20N4O2S/c1-17-13-8-4-3-7-12(13)15-14(17)18-9-5-6-11(10-18)16-21(2,19)20/h3-4,7-8,11,16H,5-6,9-10H2,1-2H3/t11-/m0/s1. The van der Waals surface area contributed by atoms with E-state index in [0.717, 1.165) is 36.4 Å². The molecule has 2 heterocycles. The van der Waals surface area contributed by atoms with Crippen LogP contribution < -0.4 is 9.62 Å². The molecule has 1 fully saturated rings. The highest BCUT2D eigenvalue weighted by molar-refractivity contribution is 7.88. The van der Waals surface area contributed by atoms with Crippen LogP contribution in [0.1, 0.15) is 12.8 Å². The van der Waals surface area contributed by atoms with Crippen molar-refractivity contribution in [1.82, 2.24) is 14.3 Å². The number of piperidine rings is 1. The van der Waals surface area contributed by atoms with Crippen molar-refractivity contribution in [3.63, 3.8) is 0 Å². The number of fused-ring (bicyclic) bond motifs is 1. The molecule has 1 atom stereocenters. The molecule has 0 unspecified atom stereocenters. The first kappa shape index (κ1) is 14.3. The minimum atomic E-state index is -3.17. The van der Waals surface area contributed by atoms with E-state index in [1.54, 1.807) is 0 Å². The number of aromatic nitrogens is 2. The molecule has 0 saturated carbocycles. The van der Waals surface area contributed by atoms with Crippen molar-refractivity contribution >= 4 is 27.0 Å². The van der Waals surface area contributed by atoms with Crippen molar-refractivity contribution in [2.24, 2.45) is 7.05 Å². The van der Waals surface area contributed by atoms with Crippen LogP contribution in [0, 0.1) is 0 Å². The number of nitrogens with zero attached hydrogens (tertiary/aromatic N) is 3. The van der Waals surface area contributed by atoms with Crippen LogP contribution in [0.4, 0.5) is 5.95 Å². The predicted molar refractivity (Wildman–Crippen MR) is 83.9 cm³/mol. The zero-order valence-electron chi connectivity index (χ0n) is 12.3. The highest BCUT2D eigenvalue weighted by Crippen LogP contribution is 2.23. The summed E-state index contributed by atoms with van der Waals surface area (Å²) in [5.74, 6) is 0.899. The van der Waals surface area contributed by atoms with Crippen LogP contribution in [0.3, 0.4) is 0 Å².